The molecule has 29 heavy (non-hydrogen) atoms. The maximum Gasteiger partial charge on any atom is 0.333 e. The van der Waals surface area contributed by atoms with E-state index in [1.54, 1.807) is 0 Å². The Morgan fingerprint density at radius 3 is 2.34 bits per heavy atom. The van der Waals surface area contributed by atoms with Gasteiger partial charge in [-0.05, 0) is 87.2 Å². The summed E-state index contributed by atoms with van der Waals surface area (Å²) in [5.41, 5.74) is 5.83. The molecule has 0 bridgehead atoms. The number of likely N-dealkylation sites (N-methyl/N-ethyl adjacent to an activating group) is 1. The van der Waals surface area contributed by atoms with Gasteiger partial charge < -0.3 is 10.2 Å². The Kier molecular flexibility index (Phi) is 8.22. The molecule has 2 aliphatic carbocycles. The van der Waals surface area contributed by atoms with E-state index < -0.39 is 16.2 Å². The number of piperidine rings is 1. The molecule has 1 heterocycles. The van der Waals surface area contributed by atoms with Gasteiger partial charge in [-0.2, -0.15) is 13.1 Å². The molecule has 1 aromatic rings. The second kappa shape index (κ2) is 10.1. The van der Waals surface area contributed by atoms with Crippen LogP contribution >= 0.6 is 0 Å². The summed E-state index contributed by atoms with van der Waals surface area (Å²) in [6.07, 6.45) is 9.34. The summed E-state index contributed by atoms with van der Waals surface area (Å²) in [4.78, 5) is 14.7. The van der Waals surface area contributed by atoms with Crippen LogP contribution in [-0.4, -0.2) is 96.9 Å². The number of fused-ring (bicyclic) bond motifs is 2. The first-order valence-electron chi connectivity index (χ1n) is 10.4. The largest absolute Gasteiger partial charge is 0.333 e. The van der Waals surface area contributed by atoms with Gasteiger partial charge in [0.2, 0.25) is 0 Å². The number of likely N-dealkylation sites (tertiary alicyclic amines) is 1. The van der Waals surface area contributed by atoms with Crippen molar-refractivity contribution in [2.45, 2.75) is 63.8 Å². The molecule has 3 aliphatic rings. The number of nitrogens with zero attached hydrogens (tertiary/aromatic N) is 1. The summed E-state index contributed by atoms with van der Waals surface area (Å²) in [5, 5.41) is 2.87. The summed E-state index contributed by atoms with van der Waals surface area (Å²) in [5.74, 6) is 0. The molecule has 4 rings (SSSR count). The van der Waals surface area contributed by atoms with Crippen molar-refractivity contribution in [3.63, 3.8) is 0 Å². The third kappa shape index (κ3) is 5.63. The van der Waals surface area contributed by atoms with E-state index in [2.05, 4.69) is 25.7 Å². The fourth-order valence-electron chi connectivity index (χ4n) is 4.87. The maximum atomic E-state index is 12.5. The zero-order chi connectivity index (χ0) is 19.7. The first kappa shape index (κ1) is 23.7. The fraction of sp³-hybridized carbons (Fsp3) is 0.650. The van der Waals surface area contributed by atoms with Crippen molar-refractivity contribution < 1.29 is 13.2 Å². The van der Waals surface area contributed by atoms with Crippen LogP contribution in [0.5, 0.6) is 0 Å². The fourth-order valence-corrected chi connectivity index (χ4v) is 5.65. The predicted octanol–water partition coefficient (Wildman–Crippen LogP) is 1.72. The van der Waals surface area contributed by atoms with Crippen molar-refractivity contribution >= 4 is 73.3 Å². The van der Waals surface area contributed by atoms with Crippen LogP contribution in [0.1, 0.15) is 54.4 Å². The van der Waals surface area contributed by atoms with E-state index in [1.807, 2.05) is 7.05 Å². The van der Waals surface area contributed by atoms with Gasteiger partial charge in [0.25, 0.3) is 0 Å². The number of anilines is 1. The molecule has 155 valence electrons. The van der Waals surface area contributed by atoms with Gasteiger partial charge >= 0.3 is 16.2 Å². The van der Waals surface area contributed by atoms with Crippen LogP contribution < -0.4 is 14.8 Å². The Bertz CT molecular complexity index is 843. The SMILES string of the molecule is CN1CCCCC1CNS(=O)(=O)NC(=O)Nc1c2c(cc3c1CCC3)CCC2.[K]. The number of hydrogen-bond donors (Lipinski definition) is 3. The normalized spacial score (nSPS) is 21.2. The van der Waals surface area contributed by atoms with Gasteiger partial charge in [-0.15, -0.1) is 0 Å². The first-order chi connectivity index (χ1) is 13.4. The van der Waals surface area contributed by atoms with E-state index in [1.165, 1.54) is 22.3 Å². The summed E-state index contributed by atoms with van der Waals surface area (Å²) < 4.78 is 29.4. The number of urea groups is 1. The minimum absolute atomic E-state index is 0. The van der Waals surface area contributed by atoms with E-state index in [0.717, 1.165) is 70.0 Å². The number of rotatable bonds is 5. The summed E-state index contributed by atoms with van der Waals surface area (Å²) in [7, 11) is -1.88. The molecule has 2 amide bonds. The van der Waals surface area contributed by atoms with Crippen LogP contribution in [0.25, 0.3) is 0 Å². The van der Waals surface area contributed by atoms with Gasteiger partial charge in [0.05, 0.1) is 0 Å². The molecule has 1 atom stereocenters. The molecule has 9 heteroatoms. The number of hydrogen-bond acceptors (Lipinski definition) is 4. The standard InChI is InChI=1S/C20H30N4O3S.K/c1-24-11-3-2-8-16(24)13-21-28(26,27)23-20(25)22-19-17-9-4-6-14(17)12-15-7-5-10-18(15)19;/h12,16,21H,2-11,13H2,1H3,(H2,22,23,25);. The minimum Gasteiger partial charge on any atom is -0.307 e. The van der Waals surface area contributed by atoms with Crippen LogP contribution in [0, 0.1) is 0 Å². The smallest absolute Gasteiger partial charge is 0.307 e. The number of carbonyl (C=O) groups excluding carboxylic acids is 1. The summed E-state index contributed by atoms with van der Waals surface area (Å²) in [6, 6.07) is 1.78. The molecule has 0 spiro atoms. The first-order valence-corrected chi connectivity index (χ1v) is 11.9. The molecule has 1 radical (unpaired) electrons. The van der Waals surface area contributed by atoms with Crippen molar-refractivity contribution in [2.75, 3.05) is 25.5 Å². The van der Waals surface area contributed by atoms with Crippen LogP contribution in [0.4, 0.5) is 10.5 Å². The Labute approximate surface area is 216 Å². The zero-order valence-corrected chi connectivity index (χ0v) is 21.5. The van der Waals surface area contributed by atoms with Crippen molar-refractivity contribution in [3.8, 4) is 0 Å². The third-order valence-corrected chi connectivity index (χ3v) is 7.37. The van der Waals surface area contributed by atoms with Gasteiger partial charge in [-0.1, -0.05) is 12.5 Å². The monoisotopic (exact) mass is 445 g/mol. The number of carbonyl (C=O) groups is 1. The van der Waals surface area contributed by atoms with E-state index >= 15 is 0 Å². The number of benzene rings is 1. The average Bonchev–Trinajstić information content (AvgIpc) is 3.29. The van der Waals surface area contributed by atoms with E-state index in [-0.39, 0.29) is 57.4 Å². The molecule has 0 aromatic heterocycles. The van der Waals surface area contributed by atoms with Crippen LogP contribution in [-0.2, 0) is 35.9 Å². The summed E-state index contributed by atoms with van der Waals surface area (Å²) in [6.45, 7) is 1.29. The molecular formula is C20H30KN4O3S. The second-order valence-corrected chi connectivity index (χ2v) is 9.77. The Morgan fingerprint density at radius 1 is 1.07 bits per heavy atom. The zero-order valence-electron chi connectivity index (χ0n) is 17.5. The van der Waals surface area contributed by atoms with Crippen molar-refractivity contribution in [2.24, 2.45) is 0 Å². The number of amides is 2. The Morgan fingerprint density at radius 2 is 1.72 bits per heavy atom. The number of aryl methyl sites for hydroxylation is 2. The van der Waals surface area contributed by atoms with Crippen molar-refractivity contribution in [3.05, 3.63) is 28.3 Å². The summed E-state index contributed by atoms with van der Waals surface area (Å²) >= 11 is 0. The average molecular weight is 446 g/mol. The van der Waals surface area contributed by atoms with Crippen molar-refractivity contribution in [1.82, 2.24) is 14.3 Å². The quantitative estimate of drug-likeness (QED) is 0.602. The molecule has 1 fully saturated rings. The Balaban J connectivity index is 0.00000240. The minimum atomic E-state index is -3.89. The van der Waals surface area contributed by atoms with Crippen LogP contribution in [0.3, 0.4) is 0 Å². The van der Waals surface area contributed by atoms with Gasteiger partial charge in [-0.3, -0.25) is 0 Å². The van der Waals surface area contributed by atoms with Crippen molar-refractivity contribution in [1.29, 1.82) is 0 Å². The molecular weight excluding hydrogens is 415 g/mol. The van der Waals surface area contributed by atoms with E-state index in [9.17, 15) is 13.2 Å². The van der Waals surface area contributed by atoms with Gasteiger partial charge in [-0.25, -0.2) is 9.52 Å². The predicted molar refractivity (Wildman–Crippen MR) is 116 cm³/mol. The molecule has 7 nitrogen and oxygen atoms in total. The molecule has 1 aliphatic heterocycles. The van der Waals surface area contributed by atoms with Crippen LogP contribution in [0.15, 0.2) is 6.07 Å². The Hall–Kier alpha value is -0.00364. The van der Waals surface area contributed by atoms with E-state index in [0.29, 0.717) is 6.54 Å². The van der Waals surface area contributed by atoms with Gasteiger partial charge in [0, 0.05) is 69.7 Å². The topological polar surface area (TPSA) is 90.5 Å². The third-order valence-electron chi connectivity index (χ3n) is 6.37. The second-order valence-electron chi connectivity index (χ2n) is 8.27. The number of nitrogens with one attached hydrogen (secondary N) is 3. The molecule has 0 saturated carbocycles. The van der Waals surface area contributed by atoms with Gasteiger partial charge in [0.1, 0.15) is 0 Å². The maximum absolute atomic E-state index is 12.5. The van der Waals surface area contributed by atoms with Gasteiger partial charge in [0.15, 0.2) is 0 Å². The van der Waals surface area contributed by atoms with E-state index in [4.69, 9.17) is 0 Å². The molecule has 1 aromatic carbocycles. The molecule has 1 unspecified atom stereocenters. The molecule has 3 N–H and O–H groups in total. The molecule has 1 saturated heterocycles. The van der Waals surface area contributed by atoms with Crippen LogP contribution in [0.2, 0.25) is 0 Å².